The highest BCUT2D eigenvalue weighted by molar-refractivity contribution is 7.20. The van der Waals surface area contributed by atoms with Crippen LogP contribution >= 0.6 is 22.7 Å². The molecule has 1 N–H and O–H groups in total. The zero-order chi connectivity index (χ0) is 9.38. The van der Waals surface area contributed by atoms with Crippen LogP contribution in [0.5, 0.6) is 0 Å². The van der Waals surface area contributed by atoms with Gasteiger partial charge in [-0.05, 0) is 0 Å². The van der Waals surface area contributed by atoms with Crippen molar-refractivity contribution in [3.63, 3.8) is 0 Å². The molecule has 3 nitrogen and oxygen atoms in total. The highest BCUT2D eigenvalue weighted by Gasteiger charge is 2.16. The number of thiazole rings is 2. The summed E-state index contributed by atoms with van der Waals surface area (Å²) in [5, 5.41) is 7.47. The summed E-state index contributed by atoms with van der Waals surface area (Å²) in [6.45, 7) is 2.02. The molecular formula is C9H9N3S2. The first kappa shape index (κ1) is 8.52. The van der Waals surface area contributed by atoms with Gasteiger partial charge in [0.25, 0.3) is 0 Å². The fraction of sp³-hybridized carbons (Fsp3) is 0.333. The summed E-state index contributed by atoms with van der Waals surface area (Å²) in [7, 11) is 0. The quantitative estimate of drug-likeness (QED) is 0.802. The van der Waals surface area contributed by atoms with E-state index in [0.29, 0.717) is 0 Å². The summed E-state index contributed by atoms with van der Waals surface area (Å²) in [5.41, 5.74) is 1.26. The standard InChI is InChI=1S/C9H9N3S2/c1-2-10-5-7-6(1)12-9(14-7)8-11-3-4-13-8/h3-4,10H,1-2,5H2. The number of hydrogen-bond acceptors (Lipinski definition) is 5. The second-order valence-corrected chi connectivity index (χ2v) is 5.13. The predicted octanol–water partition coefficient (Wildman–Crippen LogP) is 1.91. The van der Waals surface area contributed by atoms with Crippen molar-refractivity contribution < 1.29 is 0 Å². The second-order valence-electron chi connectivity index (χ2n) is 3.15. The van der Waals surface area contributed by atoms with Crippen LogP contribution in [0.25, 0.3) is 10.0 Å². The molecule has 14 heavy (non-hydrogen) atoms. The van der Waals surface area contributed by atoms with E-state index >= 15 is 0 Å². The monoisotopic (exact) mass is 223 g/mol. The Balaban J connectivity index is 2.04. The van der Waals surface area contributed by atoms with Gasteiger partial charge in [-0.25, -0.2) is 9.97 Å². The van der Waals surface area contributed by atoms with Crippen LogP contribution in [-0.4, -0.2) is 16.5 Å². The van der Waals surface area contributed by atoms with Crippen molar-refractivity contribution in [2.24, 2.45) is 0 Å². The molecule has 1 aliphatic rings. The Labute approximate surface area is 89.8 Å². The average Bonchev–Trinajstić information content (AvgIpc) is 2.86. The minimum absolute atomic E-state index is 0.971. The first-order valence-electron chi connectivity index (χ1n) is 4.52. The highest BCUT2D eigenvalue weighted by atomic mass is 32.1. The summed E-state index contributed by atoms with van der Waals surface area (Å²) >= 11 is 3.42. The van der Waals surface area contributed by atoms with E-state index in [1.165, 1.54) is 10.6 Å². The van der Waals surface area contributed by atoms with Gasteiger partial charge in [0.2, 0.25) is 0 Å². The lowest BCUT2D eigenvalue weighted by molar-refractivity contribution is 0.644. The van der Waals surface area contributed by atoms with E-state index in [0.717, 1.165) is 29.5 Å². The van der Waals surface area contributed by atoms with E-state index in [9.17, 15) is 0 Å². The molecule has 0 aromatic carbocycles. The molecule has 3 rings (SSSR count). The SMILES string of the molecule is c1csc(-c2nc3c(s2)CNCC3)n1. The Hall–Kier alpha value is -0.780. The molecule has 0 unspecified atom stereocenters. The summed E-state index contributed by atoms with van der Waals surface area (Å²) in [6.07, 6.45) is 2.88. The highest BCUT2D eigenvalue weighted by Crippen LogP contribution is 2.30. The van der Waals surface area contributed by atoms with Gasteiger partial charge >= 0.3 is 0 Å². The molecule has 0 atom stereocenters. The molecule has 0 saturated carbocycles. The number of nitrogens with zero attached hydrogens (tertiary/aromatic N) is 2. The number of hydrogen-bond donors (Lipinski definition) is 1. The maximum atomic E-state index is 4.62. The minimum atomic E-state index is 0.971. The first-order chi connectivity index (χ1) is 6.93. The molecule has 3 heterocycles. The largest absolute Gasteiger partial charge is 0.311 e. The van der Waals surface area contributed by atoms with Crippen molar-refractivity contribution in [3.05, 3.63) is 22.1 Å². The fourth-order valence-corrected chi connectivity index (χ4v) is 3.30. The zero-order valence-corrected chi connectivity index (χ0v) is 9.12. The van der Waals surface area contributed by atoms with Crippen LogP contribution in [0.1, 0.15) is 10.6 Å². The summed E-state index contributed by atoms with van der Waals surface area (Å²) in [4.78, 5) is 10.3. The lowest BCUT2D eigenvalue weighted by Crippen LogP contribution is -2.22. The molecule has 0 radical (unpaired) electrons. The Morgan fingerprint density at radius 3 is 3.14 bits per heavy atom. The second kappa shape index (κ2) is 3.42. The molecule has 2 aromatic rings. The van der Waals surface area contributed by atoms with Gasteiger partial charge in [0.1, 0.15) is 0 Å². The third-order valence-electron chi connectivity index (χ3n) is 2.22. The molecule has 0 bridgehead atoms. The Morgan fingerprint density at radius 1 is 1.36 bits per heavy atom. The number of nitrogens with one attached hydrogen (secondary N) is 1. The van der Waals surface area contributed by atoms with Crippen molar-refractivity contribution in [1.82, 2.24) is 15.3 Å². The topological polar surface area (TPSA) is 37.8 Å². The van der Waals surface area contributed by atoms with E-state index in [1.54, 1.807) is 22.7 Å². The van der Waals surface area contributed by atoms with Crippen molar-refractivity contribution >= 4 is 22.7 Å². The van der Waals surface area contributed by atoms with Gasteiger partial charge < -0.3 is 5.32 Å². The van der Waals surface area contributed by atoms with Crippen LogP contribution in [-0.2, 0) is 13.0 Å². The van der Waals surface area contributed by atoms with E-state index in [4.69, 9.17) is 0 Å². The van der Waals surface area contributed by atoms with Crippen molar-refractivity contribution in [1.29, 1.82) is 0 Å². The average molecular weight is 223 g/mol. The lowest BCUT2D eigenvalue weighted by Gasteiger charge is -2.09. The Morgan fingerprint density at radius 2 is 2.36 bits per heavy atom. The summed E-state index contributed by atoms with van der Waals surface area (Å²) in [6, 6.07) is 0. The van der Waals surface area contributed by atoms with Crippen LogP contribution in [0.15, 0.2) is 11.6 Å². The van der Waals surface area contributed by atoms with Gasteiger partial charge in [-0.1, -0.05) is 0 Å². The Kier molecular flexibility index (Phi) is 2.08. The van der Waals surface area contributed by atoms with Crippen LogP contribution in [0.3, 0.4) is 0 Å². The van der Waals surface area contributed by atoms with Gasteiger partial charge in [-0.3, -0.25) is 0 Å². The third-order valence-corrected chi connectivity index (χ3v) is 4.23. The maximum Gasteiger partial charge on any atom is 0.152 e. The molecule has 2 aromatic heterocycles. The zero-order valence-electron chi connectivity index (χ0n) is 7.49. The Bertz CT molecular complexity index is 409. The molecular weight excluding hydrogens is 214 g/mol. The van der Waals surface area contributed by atoms with E-state index in [1.807, 2.05) is 11.6 Å². The van der Waals surface area contributed by atoms with Crippen LogP contribution in [0, 0.1) is 0 Å². The number of fused-ring (bicyclic) bond motifs is 1. The van der Waals surface area contributed by atoms with Gasteiger partial charge in [-0.2, -0.15) is 0 Å². The molecule has 1 aliphatic heterocycles. The van der Waals surface area contributed by atoms with Gasteiger partial charge in [0.05, 0.1) is 5.69 Å². The van der Waals surface area contributed by atoms with E-state index in [-0.39, 0.29) is 0 Å². The van der Waals surface area contributed by atoms with Crippen LogP contribution < -0.4 is 5.32 Å². The molecule has 72 valence electrons. The molecule has 0 aliphatic carbocycles. The molecule has 5 heteroatoms. The lowest BCUT2D eigenvalue weighted by atomic mass is 10.2. The van der Waals surface area contributed by atoms with Crippen molar-refractivity contribution in [2.45, 2.75) is 13.0 Å². The number of rotatable bonds is 1. The first-order valence-corrected chi connectivity index (χ1v) is 6.22. The van der Waals surface area contributed by atoms with Crippen molar-refractivity contribution in [3.8, 4) is 10.0 Å². The fourth-order valence-electron chi connectivity index (χ4n) is 1.55. The van der Waals surface area contributed by atoms with E-state index in [2.05, 4.69) is 15.3 Å². The summed E-state index contributed by atoms with van der Waals surface area (Å²) in [5.74, 6) is 0. The van der Waals surface area contributed by atoms with Gasteiger partial charge in [-0.15, -0.1) is 22.7 Å². The molecule has 0 spiro atoms. The van der Waals surface area contributed by atoms with Gasteiger partial charge in [0, 0.05) is 36.0 Å². The van der Waals surface area contributed by atoms with Crippen LogP contribution in [0.2, 0.25) is 0 Å². The van der Waals surface area contributed by atoms with Crippen LogP contribution in [0.4, 0.5) is 0 Å². The van der Waals surface area contributed by atoms with E-state index < -0.39 is 0 Å². The predicted molar refractivity (Wildman–Crippen MR) is 58.6 cm³/mol. The molecule has 0 amide bonds. The maximum absolute atomic E-state index is 4.62. The van der Waals surface area contributed by atoms with Gasteiger partial charge in [0.15, 0.2) is 10.0 Å². The molecule has 0 fully saturated rings. The molecule has 0 saturated heterocycles. The van der Waals surface area contributed by atoms with Crippen molar-refractivity contribution in [2.75, 3.05) is 6.54 Å². The number of aromatic nitrogens is 2. The normalized spacial score (nSPS) is 15.4. The minimum Gasteiger partial charge on any atom is -0.311 e. The summed E-state index contributed by atoms with van der Waals surface area (Å²) < 4.78 is 0. The smallest absolute Gasteiger partial charge is 0.152 e. The third kappa shape index (κ3) is 1.37.